The van der Waals surface area contributed by atoms with Gasteiger partial charge < -0.3 is 0 Å². The summed E-state index contributed by atoms with van der Waals surface area (Å²) in [5, 5.41) is 0.149. The highest BCUT2D eigenvalue weighted by atomic mass is 35.5. The summed E-state index contributed by atoms with van der Waals surface area (Å²) < 4.78 is 26.8. The minimum atomic E-state index is -0.474. The summed E-state index contributed by atoms with van der Waals surface area (Å²) in [6.45, 7) is 2.98. The molecule has 0 aliphatic carbocycles. The molecule has 0 atom stereocenters. The Morgan fingerprint density at radius 1 is 1.11 bits per heavy atom. The van der Waals surface area contributed by atoms with E-state index in [4.69, 9.17) is 11.6 Å². The third-order valence-electron chi connectivity index (χ3n) is 2.90. The second kappa shape index (κ2) is 5.10. The van der Waals surface area contributed by atoms with Crippen LogP contribution in [0.5, 0.6) is 0 Å². The molecule has 0 radical (unpaired) electrons. The molecule has 0 bridgehead atoms. The average molecular weight is 281 g/mol. The molecule has 98 valence electrons. The van der Waals surface area contributed by atoms with Gasteiger partial charge in [0.2, 0.25) is 0 Å². The molecule has 0 unspecified atom stereocenters. The Balaban J connectivity index is 2.74. The molecule has 0 amide bonds. The second-order valence-corrected chi connectivity index (χ2v) is 4.73. The molecule has 0 saturated heterocycles. The van der Waals surface area contributed by atoms with Gasteiger partial charge in [-0.3, -0.25) is 4.79 Å². The second-order valence-electron chi connectivity index (χ2n) is 4.33. The van der Waals surface area contributed by atoms with E-state index in [1.54, 1.807) is 6.92 Å². The van der Waals surface area contributed by atoms with E-state index in [2.05, 4.69) is 0 Å². The Morgan fingerprint density at radius 3 is 2.42 bits per heavy atom. The van der Waals surface area contributed by atoms with Crippen LogP contribution in [0.25, 0.3) is 11.1 Å². The molecular formula is C15H11ClF2O. The summed E-state index contributed by atoms with van der Waals surface area (Å²) in [7, 11) is 0. The number of hydrogen-bond acceptors (Lipinski definition) is 1. The van der Waals surface area contributed by atoms with Crippen LogP contribution in [0.2, 0.25) is 5.02 Å². The molecule has 0 aliphatic heterocycles. The van der Waals surface area contributed by atoms with Crippen molar-refractivity contribution in [3.05, 3.63) is 58.1 Å². The smallest absolute Gasteiger partial charge is 0.160 e. The summed E-state index contributed by atoms with van der Waals surface area (Å²) in [5.41, 5.74) is 1.57. The van der Waals surface area contributed by atoms with Crippen LogP contribution in [0.1, 0.15) is 22.8 Å². The fourth-order valence-electron chi connectivity index (χ4n) is 1.91. The van der Waals surface area contributed by atoms with Crippen LogP contribution >= 0.6 is 11.6 Å². The van der Waals surface area contributed by atoms with Crippen molar-refractivity contribution in [2.75, 3.05) is 0 Å². The largest absolute Gasteiger partial charge is 0.294 e. The van der Waals surface area contributed by atoms with Crippen molar-refractivity contribution in [1.82, 2.24) is 0 Å². The zero-order valence-electron chi connectivity index (χ0n) is 10.4. The third-order valence-corrected chi connectivity index (χ3v) is 3.21. The molecule has 2 rings (SSSR count). The highest BCUT2D eigenvalue weighted by Gasteiger charge is 2.14. The van der Waals surface area contributed by atoms with Crippen molar-refractivity contribution < 1.29 is 13.6 Å². The van der Waals surface area contributed by atoms with E-state index < -0.39 is 11.6 Å². The lowest BCUT2D eigenvalue weighted by Crippen LogP contribution is -1.98. The number of ketones is 1. The quantitative estimate of drug-likeness (QED) is 0.723. The van der Waals surface area contributed by atoms with Crippen LogP contribution in [0.4, 0.5) is 8.78 Å². The lowest BCUT2D eigenvalue weighted by atomic mass is 9.96. The third kappa shape index (κ3) is 2.66. The van der Waals surface area contributed by atoms with Gasteiger partial charge in [-0.05, 0) is 55.3 Å². The molecule has 1 nitrogen and oxygen atoms in total. The van der Waals surface area contributed by atoms with E-state index in [0.717, 1.165) is 0 Å². The molecule has 0 spiro atoms. The normalized spacial score (nSPS) is 10.6. The monoisotopic (exact) mass is 280 g/mol. The first-order valence-electron chi connectivity index (χ1n) is 5.66. The van der Waals surface area contributed by atoms with E-state index in [1.807, 2.05) is 0 Å². The van der Waals surface area contributed by atoms with Gasteiger partial charge in [0.05, 0.1) is 5.02 Å². The highest BCUT2D eigenvalue weighted by molar-refractivity contribution is 6.33. The number of halogens is 3. The van der Waals surface area contributed by atoms with Gasteiger partial charge in [-0.1, -0.05) is 11.6 Å². The Hall–Kier alpha value is -1.74. The van der Waals surface area contributed by atoms with Crippen LogP contribution in [0, 0.1) is 18.6 Å². The summed E-state index contributed by atoms with van der Waals surface area (Å²) >= 11 is 5.99. The van der Waals surface area contributed by atoms with E-state index in [-0.39, 0.29) is 10.8 Å². The maximum Gasteiger partial charge on any atom is 0.160 e. The van der Waals surface area contributed by atoms with Gasteiger partial charge in [-0.25, -0.2) is 8.78 Å². The minimum absolute atomic E-state index is 0.149. The van der Waals surface area contributed by atoms with Gasteiger partial charge in [0, 0.05) is 11.1 Å². The van der Waals surface area contributed by atoms with Gasteiger partial charge in [-0.2, -0.15) is 0 Å². The Morgan fingerprint density at radius 2 is 1.79 bits per heavy atom. The van der Waals surface area contributed by atoms with Gasteiger partial charge in [0.15, 0.2) is 5.78 Å². The van der Waals surface area contributed by atoms with Crippen LogP contribution in [-0.4, -0.2) is 5.78 Å². The van der Waals surface area contributed by atoms with Crippen molar-refractivity contribution in [2.24, 2.45) is 0 Å². The maximum absolute atomic E-state index is 13.4. The fraction of sp³-hybridized carbons (Fsp3) is 0.133. The predicted octanol–water partition coefficient (Wildman–Crippen LogP) is 4.80. The standard InChI is InChI=1S/C15H11ClF2O/c1-8-5-13(14(16)7-15(8)18)12-6-10(17)3-4-11(12)9(2)19/h3-7H,1-2H3. The molecule has 0 aliphatic rings. The number of carbonyl (C=O) groups is 1. The van der Waals surface area contributed by atoms with E-state index in [1.165, 1.54) is 37.3 Å². The molecular weight excluding hydrogens is 270 g/mol. The first-order chi connectivity index (χ1) is 8.90. The molecule has 0 aromatic heterocycles. The summed E-state index contributed by atoms with van der Waals surface area (Å²) in [4.78, 5) is 11.6. The molecule has 0 saturated carbocycles. The lowest BCUT2D eigenvalue weighted by molar-refractivity contribution is 0.101. The number of carbonyl (C=O) groups excluding carboxylic acids is 1. The molecule has 0 N–H and O–H groups in total. The molecule has 4 heteroatoms. The minimum Gasteiger partial charge on any atom is -0.294 e. The molecule has 2 aromatic carbocycles. The molecule has 0 fully saturated rings. The van der Waals surface area contributed by atoms with Crippen molar-refractivity contribution in [3.63, 3.8) is 0 Å². The van der Waals surface area contributed by atoms with Gasteiger partial charge in [0.25, 0.3) is 0 Å². The van der Waals surface area contributed by atoms with E-state index in [9.17, 15) is 13.6 Å². The van der Waals surface area contributed by atoms with Crippen molar-refractivity contribution in [1.29, 1.82) is 0 Å². The predicted molar refractivity (Wildman–Crippen MR) is 71.5 cm³/mol. The lowest BCUT2D eigenvalue weighted by Gasteiger charge is -2.11. The van der Waals surface area contributed by atoms with Gasteiger partial charge in [0.1, 0.15) is 11.6 Å². The first kappa shape index (κ1) is 13.7. The van der Waals surface area contributed by atoms with Crippen LogP contribution in [0.3, 0.4) is 0 Å². The Labute approximate surface area is 114 Å². The summed E-state index contributed by atoms with van der Waals surface area (Å²) in [6.07, 6.45) is 0. The van der Waals surface area contributed by atoms with Crippen LogP contribution in [-0.2, 0) is 0 Å². The number of hydrogen-bond donors (Lipinski definition) is 0. The topological polar surface area (TPSA) is 17.1 Å². The van der Waals surface area contributed by atoms with Crippen LogP contribution in [0.15, 0.2) is 30.3 Å². The number of Topliss-reactive ketones (excluding diaryl/α,β-unsaturated/α-hetero) is 1. The van der Waals surface area contributed by atoms with E-state index in [0.29, 0.717) is 22.3 Å². The summed E-state index contributed by atoms with van der Waals surface area (Å²) in [5.74, 6) is -1.11. The maximum atomic E-state index is 13.4. The molecule has 0 heterocycles. The average Bonchev–Trinajstić information content (AvgIpc) is 2.33. The van der Waals surface area contributed by atoms with Crippen molar-refractivity contribution >= 4 is 17.4 Å². The number of rotatable bonds is 2. The van der Waals surface area contributed by atoms with Crippen molar-refractivity contribution in [2.45, 2.75) is 13.8 Å². The van der Waals surface area contributed by atoms with E-state index >= 15 is 0 Å². The van der Waals surface area contributed by atoms with Gasteiger partial charge >= 0.3 is 0 Å². The highest BCUT2D eigenvalue weighted by Crippen LogP contribution is 2.33. The van der Waals surface area contributed by atoms with Crippen LogP contribution < -0.4 is 0 Å². The zero-order chi connectivity index (χ0) is 14.2. The molecule has 19 heavy (non-hydrogen) atoms. The van der Waals surface area contributed by atoms with Gasteiger partial charge in [-0.15, -0.1) is 0 Å². The zero-order valence-corrected chi connectivity index (χ0v) is 11.2. The Kier molecular flexibility index (Phi) is 3.67. The van der Waals surface area contributed by atoms with Crippen molar-refractivity contribution in [3.8, 4) is 11.1 Å². The Bertz CT molecular complexity index is 665. The SMILES string of the molecule is CC(=O)c1ccc(F)cc1-c1cc(C)c(F)cc1Cl. The first-order valence-corrected chi connectivity index (χ1v) is 6.04. The molecule has 2 aromatic rings. The fourth-order valence-corrected chi connectivity index (χ4v) is 2.16. The number of aryl methyl sites for hydroxylation is 1. The summed E-state index contributed by atoms with van der Waals surface area (Å²) in [6, 6.07) is 6.53. The number of benzene rings is 2.